The molecule has 1 aromatic rings. The Bertz CT molecular complexity index is 504. The average molecular weight is 453 g/mol. The normalized spacial score (nSPS) is 11.1. The van der Waals surface area contributed by atoms with Crippen LogP contribution in [-0.2, 0) is 11.3 Å². The van der Waals surface area contributed by atoms with Crippen molar-refractivity contribution >= 4 is 47.2 Å². The molecule has 2 N–H and O–H groups in total. The summed E-state index contributed by atoms with van der Waals surface area (Å²) in [5, 5.41) is 9.24. The lowest BCUT2D eigenvalue weighted by Crippen LogP contribution is -2.39. The zero-order valence-electron chi connectivity index (χ0n) is 14.5. The van der Waals surface area contributed by atoms with E-state index in [-0.39, 0.29) is 35.9 Å². The molecular formula is C15H28IN5OS. The number of aromatic nitrogens is 1. The van der Waals surface area contributed by atoms with Gasteiger partial charge in [-0.3, -0.25) is 9.79 Å². The maximum atomic E-state index is 11.6. The van der Waals surface area contributed by atoms with Crippen LogP contribution in [0, 0.1) is 6.92 Å². The molecule has 0 aliphatic carbocycles. The molecule has 6 nitrogen and oxygen atoms in total. The fraction of sp³-hybridized carbons (Fsp3) is 0.667. The van der Waals surface area contributed by atoms with Crippen molar-refractivity contribution in [2.75, 3.05) is 20.1 Å². The predicted octanol–water partition coefficient (Wildman–Crippen LogP) is 2.38. The molecule has 0 aliphatic heterocycles. The van der Waals surface area contributed by atoms with E-state index < -0.39 is 0 Å². The Morgan fingerprint density at radius 2 is 2.17 bits per heavy atom. The number of aryl methyl sites for hydroxylation is 1. The van der Waals surface area contributed by atoms with Gasteiger partial charge in [-0.15, -0.1) is 35.3 Å². The van der Waals surface area contributed by atoms with Crippen LogP contribution in [0.1, 0.15) is 37.9 Å². The third-order valence-electron chi connectivity index (χ3n) is 2.81. The van der Waals surface area contributed by atoms with Crippen LogP contribution in [0.2, 0.25) is 0 Å². The maximum absolute atomic E-state index is 11.6. The third-order valence-corrected chi connectivity index (χ3v) is 3.63. The summed E-state index contributed by atoms with van der Waals surface area (Å²) >= 11 is 1.65. The first-order valence-corrected chi connectivity index (χ1v) is 8.50. The molecule has 23 heavy (non-hydrogen) atoms. The number of hydrogen-bond acceptors (Lipinski definition) is 4. The van der Waals surface area contributed by atoms with E-state index in [0.717, 1.165) is 23.2 Å². The van der Waals surface area contributed by atoms with Crippen molar-refractivity contribution in [3.8, 4) is 0 Å². The molecule has 8 heteroatoms. The van der Waals surface area contributed by atoms with Crippen molar-refractivity contribution in [1.82, 2.24) is 20.5 Å². The fourth-order valence-corrected chi connectivity index (χ4v) is 2.53. The Kier molecular flexibility index (Phi) is 11.2. The van der Waals surface area contributed by atoms with E-state index in [1.165, 1.54) is 0 Å². The molecular weight excluding hydrogens is 425 g/mol. The van der Waals surface area contributed by atoms with Gasteiger partial charge >= 0.3 is 0 Å². The second-order valence-electron chi connectivity index (χ2n) is 5.42. The minimum Gasteiger partial charge on any atom is -0.357 e. The number of carbonyl (C=O) groups is 1. The Hall–Kier alpha value is -0.900. The average Bonchev–Trinajstić information content (AvgIpc) is 2.82. The monoisotopic (exact) mass is 453 g/mol. The number of nitrogens with zero attached hydrogens (tertiary/aromatic N) is 3. The molecule has 0 bridgehead atoms. The lowest BCUT2D eigenvalue weighted by atomic mass is 10.3. The molecule has 0 saturated heterocycles. The van der Waals surface area contributed by atoms with Crippen molar-refractivity contribution in [3.05, 3.63) is 16.1 Å². The van der Waals surface area contributed by atoms with E-state index in [9.17, 15) is 4.79 Å². The van der Waals surface area contributed by atoms with E-state index in [1.807, 2.05) is 39.6 Å². The molecule has 1 rings (SSSR count). The van der Waals surface area contributed by atoms with Gasteiger partial charge in [0.05, 0.1) is 23.8 Å². The van der Waals surface area contributed by atoms with Gasteiger partial charge in [0.2, 0.25) is 5.91 Å². The van der Waals surface area contributed by atoms with E-state index in [1.54, 1.807) is 11.3 Å². The smallest absolute Gasteiger partial charge is 0.222 e. The molecule has 132 valence electrons. The Labute approximate surface area is 160 Å². The van der Waals surface area contributed by atoms with Gasteiger partial charge in [0.15, 0.2) is 5.96 Å². The summed E-state index contributed by atoms with van der Waals surface area (Å²) in [7, 11) is 1.98. The number of carbonyl (C=O) groups excluding carboxylic acids is 1. The quantitative estimate of drug-likeness (QED) is 0.378. The molecule has 0 unspecified atom stereocenters. The number of hydrogen-bond donors (Lipinski definition) is 2. The molecule has 0 radical (unpaired) electrons. The van der Waals surface area contributed by atoms with E-state index in [2.05, 4.69) is 26.0 Å². The largest absolute Gasteiger partial charge is 0.357 e. The predicted molar refractivity (Wildman–Crippen MR) is 108 cm³/mol. The summed E-state index contributed by atoms with van der Waals surface area (Å²) in [5.41, 5.74) is 1.04. The zero-order chi connectivity index (χ0) is 16.5. The minimum atomic E-state index is 0. The lowest BCUT2D eigenvalue weighted by molar-refractivity contribution is -0.121. The summed E-state index contributed by atoms with van der Waals surface area (Å²) in [6.45, 7) is 9.90. The zero-order valence-corrected chi connectivity index (χ0v) is 17.7. The second kappa shape index (κ2) is 11.6. The number of rotatable bonds is 7. The van der Waals surface area contributed by atoms with Gasteiger partial charge in [0.25, 0.3) is 0 Å². The van der Waals surface area contributed by atoms with E-state index in [0.29, 0.717) is 19.5 Å². The van der Waals surface area contributed by atoms with Gasteiger partial charge in [-0.2, -0.15) is 0 Å². The van der Waals surface area contributed by atoms with Gasteiger partial charge in [0, 0.05) is 31.4 Å². The number of halogens is 1. The highest BCUT2D eigenvalue weighted by molar-refractivity contribution is 14.0. The number of thiazole rings is 1. The number of aliphatic imine (C=N–C) groups is 1. The molecule has 1 aromatic heterocycles. The third kappa shape index (κ3) is 9.09. The first-order chi connectivity index (χ1) is 10.4. The van der Waals surface area contributed by atoms with Crippen molar-refractivity contribution in [1.29, 1.82) is 0 Å². The molecule has 0 atom stereocenters. The first kappa shape index (κ1) is 22.1. The molecule has 1 amide bonds. The van der Waals surface area contributed by atoms with Crippen LogP contribution in [0.3, 0.4) is 0 Å². The van der Waals surface area contributed by atoms with Crippen molar-refractivity contribution in [2.45, 2.75) is 46.7 Å². The lowest BCUT2D eigenvalue weighted by Gasteiger charge is -2.21. The number of guanidine groups is 1. The number of amides is 1. The van der Waals surface area contributed by atoms with Crippen LogP contribution < -0.4 is 10.6 Å². The van der Waals surface area contributed by atoms with Gasteiger partial charge in [0.1, 0.15) is 0 Å². The van der Waals surface area contributed by atoms with Crippen molar-refractivity contribution in [2.24, 2.45) is 4.99 Å². The fourth-order valence-electron chi connectivity index (χ4n) is 1.93. The molecule has 1 heterocycles. The minimum absolute atomic E-state index is 0. The molecule has 0 saturated carbocycles. The highest BCUT2D eigenvalue weighted by atomic mass is 127. The SMILES string of the molecule is CCNC(=NCCC(=O)NC(C)C)N(C)Cc1csc(C)n1.I. The Morgan fingerprint density at radius 1 is 1.48 bits per heavy atom. The van der Waals surface area contributed by atoms with Crippen molar-refractivity contribution < 1.29 is 4.79 Å². The van der Waals surface area contributed by atoms with E-state index in [4.69, 9.17) is 0 Å². The Balaban J connectivity index is 0.00000484. The summed E-state index contributed by atoms with van der Waals surface area (Å²) in [5.74, 6) is 0.831. The standard InChI is InChI=1S/C15H27N5OS.HI/c1-6-16-15(17-8-7-14(21)18-11(2)3)20(5)9-13-10-22-12(4)19-13;/h10-11H,6-9H2,1-5H3,(H,16,17)(H,18,21);1H. The highest BCUT2D eigenvalue weighted by Gasteiger charge is 2.09. The maximum Gasteiger partial charge on any atom is 0.222 e. The van der Waals surface area contributed by atoms with Crippen LogP contribution in [0.4, 0.5) is 0 Å². The first-order valence-electron chi connectivity index (χ1n) is 7.62. The van der Waals surface area contributed by atoms with Crippen LogP contribution in [0.25, 0.3) is 0 Å². The van der Waals surface area contributed by atoms with Crippen LogP contribution in [-0.4, -0.2) is 47.9 Å². The molecule has 0 fully saturated rings. The highest BCUT2D eigenvalue weighted by Crippen LogP contribution is 2.09. The molecule has 0 spiro atoms. The van der Waals surface area contributed by atoms with Gasteiger partial charge in [-0.25, -0.2) is 4.98 Å². The molecule has 0 aromatic carbocycles. The van der Waals surface area contributed by atoms with Gasteiger partial charge < -0.3 is 15.5 Å². The van der Waals surface area contributed by atoms with Crippen LogP contribution in [0.5, 0.6) is 0 Å². The van der Waals surface area contributed by atoms with Crippen LogP contribution in [0.15, 0.2) is 10.4 Å². The topological polar surface area (TPSA) is 69.6 Å². The van der Waals surface area contributed by atoms with Crippen molar-refractivity contribution in [3.63, 3.8) is 0 Å². The Morgan fingerprint density at radius 3 is 2.70 bits per heavy atom. The molecule has 0 aliphatic rings. The second-order valence-corrected chi connectivity index (χ2v) is 6.48. The van der Waals surface area contributed by atoms with E-state index >= 15 is 0 Å². The van der Waals surface area contributed by atoms with Gasteiger partial charge in [-0.05, 0) is 27.7 Å². The van der Waals surface area contributed by atoms with Crippen LogP contribution >= 0.6 is 35.3 Å². The summed E-state index contributed by atoms with van der Waals surface area (Å²) in [6, 6.07) is 0.167. The summed E-state index contributed by atoms with van der Waals surface area (Å²) in [6.07, 6.45) is 0.400. The van der Waals surface area contributed by atoms with Gasteiger partial charge in [-0.1, -0.05) is 0 Å². The summed E-state index contributed by atoms with van der Waals surface area (Å²) < 4.78 is 0. The number of nitrogens with one attached hydrogen (secondary N) is 2. The summed E-state index contributed by atoms with van der Waals surface area (Å²) in [4.78, 5) is 22.6.